The van der Waals surface area contributed by atoms with E-state index in [1.165, 1.54) is 22.6 Å². The maximum atomic E-state index is 14.0. The summed E-state index contributed by atoms with van der Waals surface area (Å²) in [4.78, 5) is 12.9. The Kier molecular flexibility index (Phi) is 5.16. The van der Waals surface area contributed by atoms with Crippen molar-refractivity contribution in [2.45, 2.75) is 19.3 Å². The van der Waals surface area contributed by atoms with Crippen molar-refractivity contribution in [1.29, 1.82) is 0 Å². The van der Waals surface area contributed by atoms with Crippen LogP contribution in [0.3, 0.4) is 0 Å². The monoisotopic (exact) mass is 472 g/mol. The molecule has 4 heterocycles. The zero-order valence-corrected chi connectivity index (χ0v) is 18.0. The quantitative estimate of drug-likeness (QED) is 0.468. The summed E-state index contributed by atoms with van der Waals surface area (Å²) in [5, 5.41) is 17.9. The number of halogens is 2. The minimum absolute atomic E-state index is 0.00333. The number of H-pyrrole nitrogens is 1. The molecule has 2 N–H and O–H groups in total. The lowest BCUT2D eigenvalue weighted by Crippen LogP contribution is -2.38. The normalized spacial score (nSPS) is 15.8. The molecule has 1 fully saturated rings. The van der Waals surface area contributed by atoms with E-state index in [0.29, 0.717) is 18.2 Å². The first kappa shape index (κ1) is 21.2. The van der Waals surface area contributed by atoms with Crippen molar-refractivity contribution < 1.29 is 22.3 Å². The molecule has 1 aromatic carbocycles. The first-order chi connectivity index (χ1) is 15.8. The predicted molar refractivity (Wildman–Crippen MR) is 116 cm³/mol. The second-order valence-corrected chi connectivity index (χ2v) is 9.64. The van der Waals surface area contributed by atoms with Crippen molar-refractivity contribution in [1.82, 2.24) is 25.1 Å². The number of anilines is 1. The first-order valence-electron chi connectivity index (χ1n) is 10.2. The van der Waals surface area contributed by atoms with Crippen LogP contribution in [0.4, 0.5) is 14.6 Å². The number of pyridine rings is 2. The average Bonchev–Trinajstić information content (AvgIpc) is 3.26. The van der Waals surface area contributed by atoms with Crippen molar-refractivity contribution in [2.75, 3.05) is 16.6 Å². The molecule has 0 aliphatic carbocycles. The molecule has 1 aliphatic rings. The Balaban J connectivity index is 1.61. The summed E-state index contributed by atoms with van der Waals surface area (Å²) in [7, 11) is -3.59. The number of benzene rings is 1. The highest BCUT2D eigenvalue weighted by Gasteiger charge is 2.31. The number of aromatic amines is 1. The van der Waals surface area contributed by atoms with Gasteiger partial charge in [0.15, 0.2) is 28.9 Å². The van der Waals surface area contributed by atoms with Crippen LogP contribution in [0.25, 0.3) is 22.4 Å². The van der Waals surface area contributed by atoms with E-state index in [-0.39, 0.29) is 58.7 Å². The maximum Gasteiger partial charge on any atom is 0.236 e. The molecular weight excluding hydrogens is 454 g/mol. The van der Waals surface area contributed by atoms with Gasteiger partial charge in [0.1, 0.15) is 11.3 Å². The fourth-order valence-electron chi connectivity index (χ4n) is 3.82. The summed E-state index contributed by atoms with van der Waals surface area (Å²) in [6.07, 6.45) is 2.62. The Hall–Kier alpha value is -3.67. The minimum Gasteiger partial charge on any atom is -0.504 e. The zero-order chi connectivity index (χ0) is 23.2. The van der Waals surface area contributed by atoms with Crippen LogP contribution in [0.2, 0.25) is 0 Å². The van der Waals surface area contributed by atoms with E-state index >= 15 is 0 Å². The van der Waals surface area contributed by atoms with Crippen molar-refractivity contribution in [2.24, 2.45) is 0 Å². The zero-order valence-electron chi connectivity index (χ0n) is 17.2. The van der Waals surface area contributed by atoms with E-state index < -0.39 is 21.7 Å². The molecule has 33 heavy (non-hydrogen) atoms. The number of rotatable bonds is 4. The van der Waals surface area contributed by atoms with Gasteiger partial charge in [0, 0.05) is 24.5 Å². The van der Waals surface area contributed by atoms with Gasteiger partial charge in [0.2, 0.25) is 15.8 Å². The number of aromatic hydroxyl groups is 1. The summed E-state index contributed by atoms with van der Waals surface area (Å²) in [6.45, 7) is 0.252. The van der Waals surface area contributed by atoms with Gasteiger partial charge in [-0.05, 0) is 36.6 Å². The molecule has 0 amide bonds. The second kappa shape index (κ2) is 8.03. The van der Waals surface area contributed by atoms with Gasteiger partial charge < -0.3 is 5.11 Å². The first-order valence-corrected chi connectivity index (χ1v) is 11.8. The van der Waals surface area contributed by atoms with E-state index in [1.807, 2.05) is 0 Å². The Labute approximate surface area is 187 Å². The third kappa shape index (κ3) is 3.75. The Bertz CT molecular complexity index is 1470. The molecule has 9 nitrogen and oxygen atoms in total. The van der Waals surface area contributed by atoms with E-state index in [4.69, 9.17) is 0 Å². The van der Waals surface area contributed by atoms with Crippen molar-refractivity contribution >= 4 is 26.7 Å². The number of hydrogen-bond acceptors (Lipinski definition) is 7. The Morgan fingerprint density at radius 1 is 1.12 bits per heavy atom. The highest BCUT2D eigenvalue weighted by molar-refractivity contribution is 7.92. The smallest absolute Gasteiger partial charge is 0.236 e. The topological polar surface area (TPSA) is 125 Å². The predicted octanol–water partition coefficient (Wildman–Crippen LogP) is 2.92. The Morgan fingerprint density at radius 3 is 2.79 bits per heavy atom. The molecule has 1 saturated heterocycles. The Morgan fingerprint density at radius 2 is 1.97 bits per heavy atom. The molecule has 0 bridgehead atoms. The van der Waals surface area contributed by atoms with Crippen LogP contribution in [0.1, 0.15) is 24.2 Å². The molecular formula is C21H18F2N6O3S. The van der Waals surface area contributed by atoms with Gasteiger partial charge in [0.25, 0.3) is 0 Å². The maximum absolute atomic E-state index is 14.0. The molecule has 170 valence electrons. The minimum atomic E-state index is -3.59. The molecule has 0 atom stereocenters. The van der Waals surface area contributed by atoms with E-state index in [9.17, 15) is 22.3 Å². The van der Waals surface area contributed by atoms with Gasteiger partial charge in [0.05, 0.1) is 5.75 Å². The fourth-order valence-corrected chi connectivity index (χ4v) is 5.42. The van der Waals surface area contributed by atoms with Crippen LogP contribution >= 0.6 is 0 Å². The van der Waals surface area contributed by atoms with Gasteiger partial charge in [-0.2, -0.15) is 5.10 Å². The molecule has 4 aromatic rings. The van der Waals surface area contributed by atoms with E-state index in [0.717, 1.165) is 6.07 Å². The summed E-state index contributed by atoms with van der Waals surface area (Å²) < 4.78 is 54.2. The van der Waals surface area contributed by atoms with Gasteiger partial charge in [-0.25, -0.2) is 27.2 Å². The van der Waals surface area contributed by atoms with Crippen LogP contribution in [0.15, 0.2) is 36.5 Å². The van der Waals surface area contributed by atoms with Crippen LogP contribution in [-0.4, -0.2) is 51.0 Å². The summed E-state index contributed by atoms with van der Waals surface area (Å²) >= 11 is 0. The highest BCUT2D eigenvalue weighted by Crippen LogP contribution is 2.38. The molecule has 0 radical (unpaired) electrons. The van der Waals surface area contributed by atoms with Crippen LogP contribution in [-0.2, 0) is 16.4 Å². The molecule has 0 spiro atoms. The SMILES string of the molecule is O=S1(=O)CCCCN1c1nc(-c2n[nH]c(Cc3cccc(F)c3F)n2)c(O)c2ncccc12. The number of hydrogen-bond donors (Lipinski definition) is 2. The molecule has 1 aliphatic heterocycles. The van der Waals surface area contributed by atoms with Gasteiger partial charge in [-0.3, -0.25) is 14.4 Å². The summed E-state index contributed by atoms with van der Waals surface area (Å²) in [5.74, 6) is -1.95. The van der Waals surface area contributed by atoms with Crippen molar-refractivity contribution in [3.8, 4) is 17.3 Å². The lowest BCUT2D eigenvalue weighted by Gasteiger charge is -2.28. The van der Waals surface area contributed by atoms with Crippen LogP contribution in [0, 0.1) is 11.6 Å². The summed E-state index contributed by atoms with van der Waals surface area (Å²) in [5.41, 5.74) is 0.162. The fraction of sp³-hybridized carbons (Fsp3) is 0.238. The van der Waals surface area contributed by atoms with Crippen LogP contribution < -0.4 is 4.31 Å². The molecule has 3 aromatic heterocycles. The lowest BCUT2D eigenvalue weighted by molar-refractivity contribution is 0.479. The van der Waals surface area contributed by atoms with Crippen molar-refractivity contribution in [3.63, 3.8) is 0 Å². The van der Waals surface area contributed by atoms with Gasteiger partial charge >= 0.3 is 0 Å². The number of aromatic nitrogens is 5. The number of nitrogens with zero attached hydrogens (tertiary/aromatic N) is 5. The largest absolute Gasteiger partial charge is 0.504 e. The van der Waals surface area contributed by atoms with E-state index in [1.54, 1.807) is 12.1 Å². The molecule has 12 heteroatoms. The average molecular weight is 472 g/mol. The van der Waals surface area contributed by atoms with Crippen molar-refractivity contribution in [3.05, 3.63) is 59.6 Å². The van der Waals surface area contributed by atoms with Crippen LogP contribution in [0.5, 0.6) is 5.75 Å². The third-order valence-electron chi connectivity index (χ3n) is 5.43. The standard InChI is InChI=1S/C21H18F2N6O3S/c22-14-7-3-5-12(16(14)23)11-15-25-20(28-27-15)18-19(30)17-13(6-4-8-24-17)21(26-18)29-9-1-2-10-33(29,31)32/h3-8,30H,1-2,9-11H2,(H,25,27,28). The number of nitrogens with one attached hydrogen (secondary N) is 1. The van der Waals surface area contributed by atoms with Gasteiger partial charge in [-0.15, -0.1) is 0 Å². The molecule has 5 rings (SSSR count). The molecule has 0 unspecified atom stereocenters. The third-order valence-corrected chi connectivity index (χ3v) is 7.27. The van der Waals surface area contributed by atoms with Gasteiger partial charge in [-0.1, -0.05) is 12.1 Å². The molecule has 0 saturated carbocycles. The van der Waals surface area contributed by atoms with E-state index in [2.05, 4.69) is 25.1 Å². The number of sulfonamides is 1. The summed E-state index contributed by atoms with van der Waals surface area (Å²) in [6, 6.07) is 7.09. The second-order valence-electron chi connectivity index (χ2n) is 7.62. The number of fused-ring (bicyclic) bond motifs is 1. The lowest BCUT2D eigenvalue weighted by atomic mass is 10.1. The highest BCUT2D eigenvalue weighted by atomic mass is 32.2.